The summed E-state index contributed by atoms with van der Waals surface area (Å²) >= 11 is 4.89. The van der Waals surface area contributed by atoms with Gasteiger partial charge in [0.2, 0.25) is 0 Å². The van der Waals surface area contributed by atoms with Gasteiger partial charge < -0.3 is 9.84 Å². The number of carbonyl (C=O) groups is 1. The van der Waals surface area contributed by atoms with Crippen LogP contribution < -0.4 is 4.74 Å². The van der Waals surface area contributed by atoms with E-state index in [9.17, 15) is 4.79 Å². The standard InChI is InChI=1S/C19H16BrNO3S/c1-12(19(22)23)16-11-25-18(21-16)15-9-14(20)7-8-17(15)24-10-13-5-3-2-4-6-13/h2-9,11-12H,10H2,1H3,(H,22,23). The molecule has 4 nitrogen and oxygen atoms in total. The number of rotatable bonds is 6. The van der Waals surface area contributed by atoms with Gasteiger partial charge >= 0.3 is 5.97 Å². The Morgan fingerprint density at radius 1 is 1.28 bits per heavy atom. The van der Waals surface area contributed by atoms with Crippen molar-refractivity contribution in [2.75, 3.05) is 0 Å². The van der Waals surface area contributed by atoms with E-state index in [4.69, 9.17) is 9.84 Å². The van der Waals surface area contributed by atoms with Crippen LogP contribution in [-0.4, -0.2) is 16.1 Å². The van der Waals surface area contributed by atoms with Gasteiger partial charge in [-0.05, 0) is 30.7 Å². The first-order valence-electron chi connectivity index (χ1n) is 7.69. The van der Waals surface area contributed by atoms with E-state index in [1.54, 1.807) is 12.3 Å². The van der Waals surface area contributed by atoms with Crippen LogP contribution >= 0.6 is 27.3 Å². The highest BCUT2D eigenvalue weighted by atomic mass is 79.9. The molecule has 0 amide bonds. The molecule has 1 aromatic heterocycles. The van der Waals surface area contributed by atoms with E-state index in [2.05, 4.69) is 20.9 Å². The molecule has 3 aromatic rings. The van der Waals surface area contributed by atoms with Crippen LogP contribution in [0.2, 0.25) is 0 Å². The molecule has 0 fully saturated rings. The summed E-state index contributed by atoms with van der Waals surface area (Å²) in [6, 6.07) is 15.7. The Bertz CT molecular complexity index is 879. The lowest BCUT2D eigenvalue weighted by Gasteiger charge is -2.11. The lowest BCUT2D eigenvalue weighted by atomic mass is 10.1. The molecule has 0 bridgehead atoms. The third kappa shape index (κ3) is 4.27. The van der Waals surface area contributed by atoms with Gasteiger partial charge in [-0.1, -0.05) is 46.3 Å². The lowest BCUT2D eigenvalue weighted by Crippen LogP contribution is -2.07. The van der Waals surface area contributed by atoms with Crippen LogP contribution in [0, 0.1) is 0 Å². The minimum Gasteiger partial charge on any atom is -0.488 e. The number of hydrogen-bond acceptors (Lipinski definition) is 4. The van der Waals surface area contributed by atoms with E-state index in [0.717, 1.165) is 26.4 Å². The van der Waals surface area contributed by atoms with Gasteiger partial charge in [-0.15, -0.1) is 11.3 Å². The molecule has 1 heterocycles. The summed E-state index contributed by atoms with van der Waals surface area (Å²) in [5.74, 6) is -0.798. The van der Waals surface area contributed by atoms with Crippen LogP contribution in [0.15, 0.2) is 58.4 Å². The molecule has 1 N–H and O–H groups in total. The average molecular weight is 418 g/mol. The third-order valence-electron chi connectivity index (χ3n) is 3.75. The summed E-state index contributed by atoms with van der Waals surface area (Å²) in [6.45, 7) is 2.09. The van der Waals surface area contributed by atoms with E-state index in [0.29, 0.717) is 12.3 Å². The van der Waals surface area contributed by atoms with Gasteiger partial charge in [0, 0.05) is 9.85 Å². The second-order valence-corrected chi connectivity index (χ2v) is 7.33. The highest BCUT2D eigenvalue weighted by Crippen LogP contribution is 2.36. The Morgan fingerprint density at radius 3 is 2.76 bits per heavy atom. The molecule has 0 saturated carbocycles. The summed E-state index contributed by atoms with van der Waals surface area (Å²) < 4.78 is 6.89. The van der Waals surface area contributed by atoms with E-state index in [1.807, 2.05) is 48.5 Å². The molecule has 0 aliphatic carbocycles. The van der Waals surface area contributed by atoms with Crippen molar-refractivity contribution in [1.82, 2.24) is 4.98 Å². The molecule has 6 heteroatoms. The highest BCUT2D eigenvalue weighted by Gasteiger charge is 2.19. The second-order valence-electron chi connectivity index (χ2n) is 5.55. The normalized spacial score (nSPS) is 11.9. The first-order chi connectivity index (χ1) is 12.0. The zero-order valence-corrected chi connectivity index (χ0v) is 15.9. The fourth-order valence-electron chi connectivity index (χ4n) is 2.27. The van der Waals surface area contributed by atoms with Crippen molar-refractivity contribution in [3.8, 4) is 16.3 Å². The van der Waals surface area contributed by atoms with E-state index < -0.39 is 11.9 Å². The lowest BCUT2D eigenvalue weighted by molar-refractivity contribution is -0.138. The van der Waals surface area contributed by atoms with Gasteiger partial charge in [-0.3, -0.25) is 4.79 Å². The number of hydrogen-bond donors (Lipinski definition) is 1. The minimum atomic E-state index is -0.883. The van der Waals surface area contributed by atoms with E-state index >= 15 is 0 Å². The van der Waals surface area contributed by atoms with Gasteiger partial charge in [-0.2, -0.15) is 0 Å². The molecule has 25 heavy (non-hydrogen) atoms. The molecule has 3 rings (SSSR count). The monoisotopic (exact) mass is 417 g/mol. The molecule has 0 radical (unpaired) electrons. The SMILES string of the molecule is CC(C(=O)O)c1csc(-c2cc(Br)ccc2OCc2ccccc2)n1. The fraction of sp³-hybridized carbons (Fsp3) is 0.158. The quantitative estimate of drug-likeness (QED) is 0.587. The van der Waals surface area contributed by atoms with Crippen LogP contribution in [0.25, 0.3) is 10.6 Å². The van der Waals surface area contributed by atoms with Crippen molar-refractivity contribution in [1.29, 1.82) is 0 Å². The average Bonchev–Trinajstić information content (AvgIpc) is 3.10. The molecular formula is C19H16BrNO3S. The smallest absolute Gasteiger partial charge is 0.312 e. The first kappa shape index (κ1) is 17.6. The zero-order valence-electron chi connectivity index (χ0n) is 13.5. The fourth-order valence-corrected chi connectivity index (χ4v) is 3.56. The molecule has 1 atom stereocenters. The Labute approximate surface area is 158 Å². The number of thiazole rings is 1. The van der Waals surface area contributed by atoms with Crippen molar-refractivity contribution in [3.63, 3.8) is 0 Å². The predicted molar refractivity (Wildman–Crippen MR) is 102 cm³/mol. The maximum absolute atomic E-state index is 11.2. The molecule has 1 unspecified atom stereocenters. The summed E-state index contributed by atoms with van der Waals surface area (Å²) in [6.07, 6.45) is 0. The Balaban J connectivity index is 1.88. The number of carboxylic acids is 1. The summed E-state index contributed by atoms with van der Waals surface area (Å²) in [5, 5.41) is 11.7. The first-order valence-corrected chi connectivity index (χ1v) is 9.36. The van der Waals surface area contributed by atoms with Crippen molar-refractivity contribution in [3.05, 3.63) is 69.6 Å². The molecule has 0 aliphatic heterocycles. The summed E-state index contributed by atoms with van der Waals surface area (Å²) in [4.78, 5) is 15.7. The molecule has 0 aliphatic rings. The van der Waals surface area contributed by atoms with Crippen LogP contribution in [0.5, 0.6) is 5.75 Å². The van der Waals surface area contributed by atoms with Crippen molar-refractivity contribution < 1.29 is 14.6 Å². The van der Waals surface area contributed by atoms with Crippen molar-refractivity contribution in [2.45, 2.75) is 19.4 Å². The van der Waals surface area contributed by atoms with E-state index in [1.165, 1.54) is 11.3 Å². The predicted octanol–water partition coefficient (Wildman–Crippen LogP) is 5.34. The number of aliphatic carboxylic acids is 1. The van der Waals surface area contributed by atoms with Crippen LogP contribution in [0.1, 0.15) is 24.1 Å². The number of carboxylic acid groups (broad SMARTS) is 1. The van der Waals surface area contributed by atoms with Gasteiger partial charge in [0.15, 0.2) is 0 Å². The van der Waals surface area contributed by atoms with Crippen LogP contribution in [0.4, 0.5) is 0 Å². The second kappa shape index (κ2) is 7.80. The molecule has 0 saturated heterocycles. The molecule has 0 spiro atoms. The van der Waals surface area contributed by atoms with Crippen molar-refractivity contribution in [2.24, 2.45) is 0 Å². The van der Waals surface area contributed by atoms with E-state index in [-0.39, 0.29) is 0 Å². The number of halogens is 1. The zero-order chi connectivity index (χ0) is 17.8. The minimum absolute atomic E-state index is 0.458. The van der Waals surface area contributed by atoms with Crippen LogP contribution in [-0.2, 0) is 11.4 Å². The van der Waals surface area contributed by atoms with Gasteiger partial charge in [-0.25, -0.2) is 4.98 Å². The number of benzene rings is 2. The topological polar surface area (TPSA) is 59.4 Å². The van der Waals surface area contributed by atoms with Gasteiger partial charge in [0.1, 0.15) is 17.4 Å². The summed E-state index contributed by atoms with van der Waals surface area (Å²) in [7, 11) is 0. The Kier molecular flexibility index (Phi) is 5.50. The largest absolute Gasteiger partial charge is 0.488 e. The van der Waals surface area contributed by atoms with Crippen LogP contribution in [0.3, 0.4) is 0 Å². The Morgan fingerprint density at radius 2 is 2.04 bits per heavy atom. The third-order valence-corrected chi connectivity index (χ3v) is 5.13. The maximum Gasteiger partial charge on any atom is 0.312 e. The van der Waals surface area contributed by atoms with Gasteiger partial charge in [0.25, 0.3) is 0 Å². The number of ether oxygens (including phenoxy) is 1. The maximum atomic E-state index is 11.2. The molecule has 2 aromatic carbocycles. The van der Waals surface area contributed by atoms with Gasteiger partial charge in [0.05, 0.1) is 17.2 Å². The molecular weight excluding hydrogens is 402 g/mol. The number of nitrogens with zero attached hydrogens (tertiary/aromatic N) is 1. The number of aromatic nitrogens is 1. The van der Waals surface area contributed by atoms with Crippen molar-refractivity contribution >= 4 is 33.2 Å². The summed E-state index contributed by atoms with van der Waals surface area (Å²) in [5.41, 5.74) is 2.48. The highest BCUT2D eigenvalue weighted by molar-refractivity contribution is 9.10. The molecule has 128 valence electrons. The Hall–Kier alpha value is -2.18.